The highest BCUT2D eigenvalue weighted by molar-refractivity contribution is 7.92. The third-order valence-corrected chi connectivity index (χ3v) is 4.60. The maximum Gasteiger partial charge on any atom is 0.324 e. The van der Waals surface area contributed by atoms with Crippen LogP contribution >= 0.6 is 11.6 Å². The molecule has 1 N–H and O–H groups in total. The number of carbonyl (C=O) groups excluding carboxylic acids is 1. The van der Waals surface area contributed by atoms with E-state index >= 15 is 0 Å². The lowest BCUT2D eigenvalue weighted by atomic mass is 10.0. The number of rotatable bonds is 7. The van der Waals surface area contributed by atoms with Crippen LogP contribution < -0.4 is 4.72 Å². The minimum absolute atomic E-state index is 0.175. The van der Waals surface area contributed by atoms with E-state index in [-0.39, 0.29) is 5.92 Å². The van der Waals surface area contributed by atoms with Gasteiger partial charge in [0.1, 0.15) is 6.04 Å². The first-order valence-electron chi connectivity index (χ1n) is 6.83. The quantitative estimate of drug-likeness (QED) is 0.771. The van der Waals surface area contributed by atoms with E-state index in [1.54, 1.807) is 31.2 Å². The summed E-state index contributed by atoms with van der Waals surface area (Å²) in [5.74, 6) is -0.774. The Labute approximate surface area is 136 Å². The van der Waals surface area contributed by atoms with Crippen molar-refractivity contribution >= 4 is 33.7 Å². The molecule has 0 bridgehead atoms. The van der Waals surface area contributed by atoms with Gasteiger partial charge >= 0.3 is 5.97 Å². The second kappa shape index (κ2) is 8.31. The first kappa shape index (κ1) is 18.7. The van der Waals surface area contributed by atoms with Crippen LogP contribution in [0.2, 0.25) is 5.02 Å². The second-order valence-corrected chi connectivity index (χ2v) is 6.94. The summed E-state index contributed by atoms with van der Waals surface area (Å²) in [7, 11) is -2.53. The summed E-state index contributed by atoms with van der Waals surface area (Å²) >= 11 is 5.77. The molecule has 1 aromatic carbocycles. The lowest BCUT2D eigenvalue weighted by molar-refractivity contribution is -0.143. The second-order valence-electron chi connectivity index (χ2n) is 4.90. The van der Waals surface area contributed by atoms with E-state index in [4.69, 9.17) is 11.6 Å². The van der Waals surface area contributed by atoms with Gasteiger partial charge in [-0.05, 0) is 29.7 Å². The highest BCUT2D eigenvalue weighted by atomic mass is 35.5. The zero-order valence-electron chi connectivity index (χ0n) is 12.7. The molecule has 22 heavy (non-hydrogen) atoms. The summed E-state index contributed by atoms with van der Waals surface area (Å²) in [5.41, 5.74) is 0.688. The Hall–Kier alpha value is -1.37. The minimum Gasteiger partial charge on any atom is -0.468 e. The number of methoxy groups -OCH3 is 1. The number of hydrogen-bond acceptors (Lipinski definition) is 4. The van der Waals surface area contributed by atoms with Crippen LogP contribution in [-0.2, 0) is 19.6 Å². The summed E-state index contributed by atoms with van der Waals surface area (Å²) in [6.45, 7) is 3.66. The number of halogens is 1. The van der Waals surface area contributed by atoms with Crippen LogP contribution in [0.5, 0.6) is 0 Å². The summed E-state index contributed by atoms with van der Waals surface area (Å²) in [6.07, 6.45) is 2.08. The molecule has 7 heteroatoms. The fraction of sp³-hybridized carbons (Fsp3) is 0.400. The van der Waals surface area contributed by atoms with Crippen molar-refractivity contribution in [3.63, 3.8) is 0 Å². The van der Waals surface area contributed by atoms with E-state index in [0.29, 0.717) is 17.0 Å². The molecule has 2 atom stereocenters. The van der Waals surface area contributed by atoms with Crippen molar-refractivity contribution in [2.75, 3.05) is 7.11 Å². The maximum atomic E-state index is 12.1. The Morgan fingerprint density at radius 1 is 1.36 bits per heavy atom. The molecule has 5 nitrogen and oxygen atoms in total. The van der Waals surface area contributed by atoms with Crippen molar-refractivity contribution < 1.29 is 17.9 Å². The Morgan fingerprint density at radius 2 is 1.95 bits per heavy atom. The van der Waals surface area contributed by atoms with Crippen LogP contribution in [0.4, 0.5) is 0 Å². The van der Waals surface area contributed by atoms with Crippen molar-refractivity contribution in [2.45, 2.75) is 26.3 Å². The molecule has 1 rings (SSSR count). The van der Waals surface area contributed by atoms with Gasteiger partial charge in [-0.3, -0.25) is 4.79 Å². The number of esters is 1. The molecule has 0 aromatic heterocycles. The van der Waals surface area contributed by atoms with Gasteiger partial charge in [0, 0.05) is 10.4 Å². The van der Waals surface area contributed by atoms with Gasteiger partial charge in [0.25, 0.3) is 0 Å². The van der Waals surface area contributed by atoms with Crippen molar-refractivity contribution in [1.82, 2.24) is 4.72 Å². The van der Waals surface area contributed by atoms with Gasteiger partial charge in [-0.1, -0.05) is 44.0 Å². The number of carbonyl (C=O) groups is 1. The number of ether oxygens (including phenoxy) is 1. The molecule has 0 fully saturated rings. The average molecular weight is 346 g/mol. The predicted octanol–water partition coefficient (Wildman–Crippen LogP) is 2.82. The van der Waals surface area contributed by atoms with Gasteiger partial charge in [-0.25, -0.2) is 8.42 Å². The highest BCUT2D eigenvalue weighted by Crippen LogP contribution is 2.13. The highest BCUT2D eigenvalue weighted by Gasteiger charge is 2.28. The number of hydrogen-bond donors (Lipinski definition) is 1. The first-order chi connectivity index (χ1) is 10.3. The predicted molar refractivity (Wildman–Crippen MR) is 87.8 cm³/mol. The maximum absolute atomic E-state index is 12.1. The van der Waals surface area contributed by atoms with Crippen LogP contribution in [0, 0.1) is 5.92 Å². The van der Waals surface area contributed by atoms with Gasteiger partial charge in [0.2, 0.25) is 10.0 Å². The third-order valence-electron chi connectivity index (χ3n) is 3.27. The summed E-state index contributed by atoms with van der Waals surface area (Å²) < 4.78 is 31.2. The summed E-state index contributed by atoms with van der Waals surface area (Å²) in [4.78, 5) is 11.7. The fourth-order valence-corrected chi connectivity index (χ4v) is 2.94. The molecule has 0 aliphatic carbocycles. The molecule has 0 aliphatic heterocycles. The molecular formula is C15H20ClNO4S. The van der Waals surface area contributed by atoms with Crippen molar-refractivity contribution in [3.8, 4) is 0 Å². The first-order valence-corrected chi connectivity index (χ1v) is 8.75. The summed E-state index contributed by atoms with van der Waals surface area (Å²) in [5, 5.41) is 1.59. The lowest BCUT2D eigenvalue weighted by Crippen LogP contribution is -2.44. The molecule has 0 heterocycles. The van der Waals surface area contributed by atoms with E-state index in [2.05, 4.69) is 9.46 Å². The standard InChI is InChI=1S/C15H20ClNO4S/c1-4-11(2)14(15(18)21-3)17-22(19,20)10-9-12-5-7-13(16)8-6-12/h5-11,14,17H,4H2,1-3H3/b10-9+/t11-,14+/m1/s1. The molecule has 0 unspecified atom stereocenters. The number of nitrogens with one attached hydrogen (secondary N) is 1. The van der Waals surface area contributed by atoms with E-state index < -0.39 is 22.0 Å². The number of benzene rings is 1. The number of sulfonamides is 1. The third kappa shape index (κ3) is 5.79. The molecule has 0 spiro atoms. The van der Waals surface area contributed by atoms with Crippen molar-refractivity contribution in [1.29, 1.82) is 0 Å². The summed E-state index contributed by atoms with van der Waals surface area (Å²) in [6, 6.07) is 5.81. The van der Waals surface area contributed by atoms with E-state index in [1.165, 1.54) is 13.2 Å². The monoisotopic (exact) mass is 345 g/mol. The molecule has 0 saturated carbocycles. The van der Waals surface area contributed by atoms with E-state index in [9.17, 15) is 13.2 Å². The largest absolute Gasteiger partial charge is 0.468 e. The molecule has 0 amide bonds. The molecule has 1 aromatic rings. The molecule has 0 aliphatic rings. The smallest absolute Gasteiger partial charge is 0.324 e. The van der Waals surface area contributed by atoms with Crippen LogP contribution in [0.3, 0.4) is 0 Å². The molecular weight excluding hydrogens is 326 g/mol. The van der Waals surface area contributed by atoms with Crippen molar-refractivity contribution in [3.05, 3.63) is 40.3 Å². The van der Waals surface area contributed by atoms with E-state index in [1.807, 2.05) is 6.92 Å². The van der Waals surface area contributed by atoms with Gasteiger partial charge in [-0.15, -0.1) is 0 Å². The average Bonchev–Trinajstić information content (AvgIpc) is 2.50. The van der Waals surface area contributed by atoms with Gasteiger partial charge in [0.15, 0.2) is 0 Å². The Bertz CT molecular complexity index is 625. The van der Waals surface area contributed by atoms with Crippen molar-refractivity contribution in [2.24, 2.45) is 5.92 Å². The minimum atomic E-state index is -3.76. The Balaban J connectivity index is 2.88. The molecule has 122 valence electrons. The van der Waals surface area contributed by atoms with Gasteiger partial charge in [0.05, 0.1) is 7.11 Å². The van der Waals surface area contributed by atoms with Crippen LogP contribution in [-0.4, -0.2) is 27.5 Å². The van der Waals surface area contributed by atoms with Crippen LogP contribution in [0.25, 0.3) is 6.08 Å². The van der Waals surface area contributed by atoms with Crippen LogP contribution in [0.1, 0.15) is 25.8 Å². The van der Waals surface area contributed by atoms with Crippen LogP contribution in [0.15, 0.2) is 29.7 Å². The van der Waals surface area contributed by atoms with Gasteiger partial charge in [-0.2, -0.15) is 4.72 Å². The molecule has 0 saturated heterocycles. The van der Waals surface area contributed by atoms with Gasteiger partial charge < -0.3 is 4.74 Å². The Morgan fingerprint density at radius 3 is 2.45 bits per heavy atom. The normalized spacial score (nSPS) is 14.7. The fourth-order valence-electron chi connectivity index (χ4n) is 1.72. The SMILES string of the molecule is CC[C@@H](C)[C@H](NS(=O)(=O)/C=C/c1ccc(Cl)cc1)C(=O)OC. The lowest BCUT2D eigenvalue weighted by Gasteiger charge is -2.20. The topological polar surface area (TPSA) is 72.5 Å². The Kier molecular flexibility index (Phi) is 7.06. The molecule has 0 radical (unpaired) electrons. The zero-order valence-corrected chi connectivity index (χ0v) is 14.3. The van der Waals surface area contributed by atoms with E-state index in [0.717, 1.165) is 5.41 Å². The zero-order chi connectivity index (χ0) is 16.8.